The Kier molecular flexibility index (Phi) is 7.11. The van der Waals surface area contributed by atoms with Gasteiger partial charge in [0.25, 0.3) is 0 Å². The summed E-state index contributed by atoms with van der Waals surface area (Å²) in [6.07, 6.45) is 6.11. The van der Waals surface area contributed by atoms with Gasteiger partial charge in [-0.05, 0) is 28.8 Å². The van der Waals surface area contributed by atoms with E-state index in [0.717, 1.165) is 22.8 Å². The molecule has 0 aliphatic carbocycles. The molecule has 0 aliphatic rings. The largest absolute Gasteiger partial charge is 0.478 e. The summed E-state index contributed by atoms with van der Waals surface area (Å²) in [4.78, 5) is 10.3. The summed E-state index contributed by atoms with van der Waals surface area (Å²) in [5.74, 6) is -0.956. The molecule has 0 aliphatic heterocycles. The second kappa shape index (κ2) is 8.11. The second-order valence-electron chi connectivity index (χ2n) is 2.97. The van der Waals surface area contributed by atoms with Gasteiger partial charge < -0.3 is 5.11 Å². The van der Waals surface area contributed by atoms with E-state index in [2.05, 4.69) is 13.2 Å². The summed E-state index contributed by atoms with van der Waals surface area (Å²) in [7, 11) is 0. The SMILES string of the molecule is C=Cc1ccc(/C=C/C(=O)O)cc1C=C.CC. The zero-order chi connectivity index (χ0) is 13.3. The van der Waals surface area contributed by atoms with Gasteiger partial charge in [-0.1, -0.05) is 51.3 Å². The molecule has 90 valence electrons. The molecule has 2 heteroatoms. The maximum atomic E-state index is 10.3. The molecule has 0 atom stereocenters. The number of aliphatic carboxylic acids is 1. The van der Waals surface area contributed by atoms with Crippen LogP contribution in [0.3, 0.4) is 0 Å². The van der Waals surface area contributed by atoms with Gasteiger partial charge in [-0.15, -0.1) is 0 Å². The van der Waals surface area contributed by atoms with Crippen LogP contribution in [0.15, 0.2) is 37.4 Å². The number of hydrogen-bond donors (Lipinski definition) is 1. The molecular formula is C15H18O2. The molecule has 0 radical (unpaired) electrons. The second-order valence-corrected chi connectivity index (χ2v) is 2.97. The van der Waals surface area contributed by atoms with Crippen molar-refractivity contribution in [2.75, 3.05) is 0 Å². The van der Waals surface area contributed by atoms with Crippen molar-refractivity contribution in [1.29, 1.82) is 0 Å². The van der Waals surface area contributed by atoms with Crippen molar-refractivity contribution in [2.45, 2.75) is 13.8 Å². The topological polar surface area (TPSA) is 37.3 Å². The Hall–Kier alpha value is -2.09. The van der Waals surface area contributed by atoms with Crippen molar-refractivity contribution in [1.82, 2.24) is 0 Å². The van der Waals surface area contributed by atoms with E-state index in [1.54, 1.807) is 18.2 Å². The minimum absolute atomic E-state index is 0.831. The Balaban J connectivity index is 0.00000121. The van der Waals surface area contributed by atoms with E-state index in [1.165, 1.54) is 0 Å². The summed E-state index contributed by atoms with van der Waals surface area (Å²) in [5, 5.41) is 8.48. The normalized spacial score (nSPS) is 9.29. The van der Waals surface area contributed by atoms with Gasteiger partial charge in [0.05, 0.1) is 0 Å². The lowest BCUT2D eigenvalue weighted by atomic mass is 10.0. The lowest BCUT2D eigenvalue weighted by Crippen LogP contribution is -1.86. The Morgan fingerprint density at radius 2 is 1.76 bits per heavy atom. The monoisotopic (exact) mass is 230 g/mol. The molecule has 0 aromatic heterocycles. The van der Waals surface area contributed by atoms with E-state index in [4.69, 9.17) is 5.11 Å². The van der Waals surface area contributed by atoms with Gasteiger partial charge in [-0.25, -0.2) is 4.79 Å². The Labute approximate surface area is 103 Å². The van der Waals surface area contributed by atoms with Crippen LogP contribution in [0.4, 0.5) is 0 Å². The highest BCUT2D eigenvalue weighted by Gasteiger charge is 1.96. The maximum absolute atomic E-state index is 10.3. The Morgan fingerprint density at radius 1 is 1.18 bits per heavy atom. The van der Waals surface area contributed by atoms with Crippen LogP contribution < -0.4 is 0 Å². The molecule has 0 saturated carbocycles. The van der Waals surface area contributed by atoms with Crippen molar-refractivity contribution in [2.24, 2.45) is 0 Å². The van der Waals surface area contributed by atoms with Gasteiger partial charge >= 0.3 is 5.97 Å². The number of hydrogen-bond acceptors (Lipinski definition) is 1. The number of carbonyl (C=O) groups is 1. The lowest BCUT2D eigenvalue weighted by molar-refractivity contribution is -0.131. The van der Waals surface area contributed by atoms with Gasteiger partial charge in [-0.3, -0.25) is 0 Å². The Bertz CT molecular complexity index is 429. The van der Waals surface area contributed by atoms with Gasteiger partial charge in [0, 0.05) is 6.08 Å². The molecular weight excluding hydrogens is 212 g/mol. The van der Waals surface area contributed by atoms with Crippen molar-refractivity contribution >= 4 is 24.2 Å². The van der Waals surface area contributed by atoms with Crippen molar-refractivity contribution in [3.8, 4) is 0 Å². The summed E-state index contributed by atoms with van der Waals surface area (Å²) in [5.41, 5.74) is 2.76. The first kappa shape index (κ1) is 14.9. The maximum Gasteiger partial charge on any atom is 0.328 e. The summed E-state index contributed by atoms with van der Waals surface area (Å²) >= 11 is 0. The highest BCUT2D eigenvalue weighted by Crippen LogP contribution is 2.15. The van der Waals surface area contributed by atoms with E-state index in [0.29, 0.717) is 0 Å². The molecule has 0 amide bonds. The molecule has 0 bridgehead atoms. The standard InChI is InChI=1S/C13H12O2.C2H6/c1-3-11-7-5-10(6-8-13(14)15)9-12(11)4-2;1-2/h3-9H,1-2H2,(H,14,15);1-2H3/b8-6+;. The van der Waals surface area contributed by atoms with Crippen LogP contribution in [0.1, 0.15) is 30.5 Å². The zero-order valence-corrected chi connectivity index (χ0v) is 10.3. The molecule has 0 saturated heterocycles. The average molecular weight is 230 g/mol. The van der Waals surface area contributed by atoms with E-state index < -0.39 is 5.97 Å². The van der Waals surface area contributed by atoms with Crippen LogP contribution >= 0.6 is 0 Å². The van der Waals surface area contributed by atoms with Gasteiger partial charge in [-0.2, -0.15) is 0 Å². The number of carboxylic acids is 1. The first-order chi connectivity index (χ1) is 8.17. The van der Waals surface area contributed by atoms with Crippen LogP contribution in [-0.4, -0.2) is 11.1 Å². The van der Waals surface area contributed by atoms with E-state index in [1.807, 2.05) is 32.0 Å². The fraction of sp³-hybridized carbons (Fsp3) is 0.133. The fourth-order valence-electron chi connectivity index (χ4n) is 1.23. The molecule has 1 aromatic carbocycles. The first-order valence-electron chi connectivity index (χ1n) is 5.47. The van der Waals surface area contributed by atoms with E-state index >= 15 is 0 Å². The fourth-order valence-corrected chi connectivity index (χ4v) is 1.23. The number of carboxylic acid groups (broad SMARTS) is 1. The molecule has 0 spiro atoms. The summed E-state index contributed by atoms with van der Waals surface area (Å²) < 4.78 is 0. The van der Waals surface area contributed by atoms with Crippen molar-refractivity contribution in [3.63, 3.8) is 0 Å². The highest BCUT2D eigenvalue weighted by molar-refractivity contribution is 5.85. The van der Waals surface area contributed by atoms with Crippen LogP contribution in [0, 0.1) is 0 Å². The van der Waals surface area contributed by atoms with Gasteiger partial charge in [0.2, 0.25) is 0 Å². The molecule has 0 fully saturated rings. The molecule has 0 unspecified atom stereocenters. The summed E-state index contributed by atoms with van der Waals surface area (Å²) in [6.45, 7) is 11.4. The first-order valence-corrected chi connectivity index (χ1v) is 5.47. The van der Waals surface area contributed by atoms with Gasteiger partial charge in [0.1, 0.15) is 0 Å². The molecule has 17 heavy (non-hydrogen) atoms. The summed E-state index contributed by atoms with van der Waals surface area (Å²) in [6, 6.07) is 5.58. The van der Waals surface area contributed by atoms with E-state index in [-0.39, 0.29) is 0 Å². The van der Waals surface area contributed by atoms with E-state index in [9.17, 15) is 4.79 Å². The zero-order valence-electron chi connectivity index (χ0n) is 10.3. The van der Waals surface area contributed by atoms with Crippen LogP contribution in [0.25, 0.3) is 18.2 Å². The average Bonchev–Trinajstić information content (AvgIpc) is 2.38. The highest BCUT2D eigenvalue weighted by atomic mass is 16.4. The molecule has 0 heterocycles. The third kappa shape index (κ3) is 4.98. The van der Waals surface area contributed by atoms with Crippen LogP contribution in [0.2, 0.25) is 0 Å². The quantitative estimate of drug-likeness (QED) is 0.791. The molecule has 1 aromatic rings. The Morgan fingerprint density at radius 3 is 2.24 bits per heavy atom. The third-order valence-electron chi connectivity index (χ3n) is 1.97. The third-order valence-corrected chi connectivity index (χ3v) is 1.97. The predicted molar refractivity (Wildman–Crippen MR) is 74.6 cm³/mol. The smallest absolute Gasteiger partial charge is 0.328 e. The van der Waals surface area contributed by atoms with Gasteiger partial charge in [0.15, 0.2) is 0 Å². The van der Waals surface area contributed by atoms with Crippen molar-refractivity contribution < 1.29 is 9.90 Å². The number of benzene rings is 1. The van der Waals surface area contributed by atoms with Crippen molar-refractivity contribution in [3.05, 3.63) is 54.1 Å². The van der Waals surface area contributed by atoms with Crippen LogP contribution in [-0.2, 0) is 4.79 Å². The lowest BCUT2D eigenvalue weighted by Gasteiger charge is -2.01. The molecule has 1 rings (SSSR count). The minimum Gasteiger partial charge on any atom is -0.478 e. The molecule has 2 nitrogen and oxygen atoms in total. The predicted octanol–water partition coefficient (Wildman–Crippen LogP) is 4.10. The minimum atomic E-state index is -0.956. The molecule has 1 N–H and O–H groups in total. The number of rotatable bonds is 4. The van der Waals surface area contributed by atoms with Crippen LogP contribution in [0.5, 0.6) is 0 Å².